The second-order valence-corrected chi connectivity index (χ2v) is 9.81. The normalized spacial score (nSPS) is 11.9. The van der Waals surface area contributed by atoms with Crippen molar-refractivity contribution in [2.75, 3.05) is 0 Å². The van der Waals surface area contributed by atoms with E-state index in [1.54, 1.807) is 48.7 Å². The van der Waals surface area contributed by atoms with E-state index in [0.717, 1.165) is 21.9 Å². The fraction of sp³-hybridized carbons (Fsp3) is 0.133. The molecule has 3 heterocycles. The van der Waals surface area contributed by atoms with E-state index < -0.39 is 0 Å². The Bertz CT molecular complexity index is 1970. The van der Waals surface area contributed by atoms with E-state index in [2.05, 4.69) is 5.10 Å². The van der Waals surface area contributed by atoms with Crippen LogP contribution in [0, 0.1) is 0 Å². The van der Waals surface area contributed by atoms with Crippen molar-refractivity contribution in [2.45, 2.75) is 26.5 Å². The van der Waals surface area contributed by atoms with Gasteiger partial charge in [0.1, 0.15) is 12.1 Å². The monoisotopic (exact) mass is 538 g/mol. The minimum absolute atomic E-state index is 0.0524. The number of benzene rings is 3. The van der Waals surface area contributed by atoms with Crippen molar-refractivity contribution in [3.8, 4) is 11.6 Å². The van der Waals surface area contributed by atoms with Crippen LogP contribution in [0.25, 0.3) is 44.4 Å². The van der Waals surface area contributed by atoms with E-state index in [1.165, 1.54) is 4.68 Å². The third-order valence-electron chi connectivity index (χ3n) is 6.25. The molecule has 0 saturated carbocycles. The number of hydrogen-bond donors (Lipinski definition) is 0. The average Bonchev–Trinajstić information content (AvgIpc) is 3.48. The molecule has 8 nitrogen and oxygen atoms in total. The van der Waals surface area contributed by atoms with Crippen LogP contribution in [-0.2, 0) is 16.1 Å². The molecule has 6 aromatic rings. The number of para-hydroxylation sites is 2. The van der Waals surface area contributed by atoms with Gasteiger partial charge < -0.3 is 13.7 Å². The highest BCUT2D eigenvalue weighted by molar-refractivity contribution is 6.31. The largest absolute Gasteiger partial charge is 0.462 e. The smallest absolute Gasteiger partial charge is 0.326 e. The van der Waals surface area contributed by atoms with Crippen molar-refractivity contribution in [1.82, 2.24) is 14.2 Å². The Labute approximate surface area is 227 Å². The molecule has 0 spiro atoms. The summed E-state index contributed by atoms with van der Waals surface area (Å²) in [4.78, 5) is 30.7. The van der Waals surface area contributed by atoms with Crippen molar-refractivity contribution >= 4 is 56.6 Å². The molecule has 39 heavy (non-hydrogen) atoms. The van der Waals surface area contributed by atoms with Crippen molar-refractivity contribution in [3.63, 3.8) is 0 Å². The molecule has 0 radical (unpaired) electrons. The molecule has 0 aliphatic heterocycles. The summed E-state index contributed by atoms with van der Waals surface area (Å²) in [5.41, 5.74) is 2.38. The van der Waals surface area contributed by atoms with Crippen LogP contribution in [0.1, 0.15) is 19.4 Å². The Morgan fingerprint density at radius 3 is 2.67 bits per heavy atom. The van der Waals surface area contributed by atoms with E-state index in [9.17, 15) is 9.59 Å². The number of halogens is 1. The number of rotatable bonds is 6. The molecule has 3 aromatic carbocycles. The lowest BCUT2D eigenvalue weighted by molar-refractivity contribution is -0.148. The average molecular weight is 539 g/mol. The maximum Gasteiger partial charge on any atom is 0.326 e. The molecule has 0 fully saturated rings. The third-order valence-corrected chi connectivity index (χ3v) is 6.49. The van der Waals surface area contributed by atoms with Gasteiger partial charge in [0.25, 0.3) is 5.56 Å². The van der Waals surface area contributed by atoms with Gasteiger partial charge in [-0.2, -0.15) is 9.78 Å². The van der Waals surface area contributed by atoms with Crippen molar-refractivity contribution < 1.29 is 13.9 Å². The summed E-state index contributed by atoms with van der Waals surface area (Å²) in [7, 11) is 0. The summed E-state index contributed by atoms with van der Waals surface area (Å²) in [6.45, 7) is 3.68. The summed E-state index contributed by atoms with van der Waals surface area (Å²) in [5.74, 6) is 0.300. The maximum absolute atomic E-state index is 13.6. The van der Waals surface area contributed by atoms with Crippen LogP contribution in [0.2, 0.25) is 5.02 Å². The van der Waals surface area contributed by atoms with Gasteiger partial charge in [0, 0.05) is 33.1 Å². The summed E-state index contributed by atoms with van der Waals surface area (Å²) in [6, 6.07) is 21.8. The molecule has 194 valence electrons. The summed E-state index contributed by atoms with van der Waals surface area (Å²) in [5, 5.41) is 7.24. The SMILES string of the molecule is CC(C)OC(=O)Cn1cc(C=Nn2c(-c3cc4cc(Cl)ccc4o3)nc3ccccc3c2=O)c2ccccc21. The van der Waals surface area contributed by atoms with E-state index >= 15 is 0 Å². The van der Waals surface area contributed by atoms with E-state index in [4.69, 9.17) is 25.7 Å². The van der Waals surface area contributed by atoms with E-state index in [-0.39, 0.29) is 30.0 Å². The van der Waals surface area contributed by atoms with Crippen molar-refractivity contribution in [1.29, 1.82) is 0 Å². The van der Waals surface area contributed by atoms with Gasteiger partial charge in [-0.1, -0.05) is 41.9 Å². The number of aromatic nitrogens is 3. The van der Waals surface area contributed by atoms with Crippen LogP contribution in [-0.4, -0.2) is 32.5 Å². The van der Waals surface area contributed by atoms with Gasteiger partial charge in [-0.3, -0.25) is 9.59 Å². The molecule has 0 N–H and O–H groups in total. The highest BCUT2D eigenvalue weighted by Crippen LogP contribution is 2.29. The second kappa shape index (κ2) is 9.89. The number of carbonyl (C=O) groups is 1. The minimum Gasteiger partial charge on any atom is -0.462 e. The van der Waals surface area contributed by atoms with Gasteiger partial charge >= 0.3 is 5.97 Å². The molecule has 0 unspecified atom stereocenters. The maximum atomic E-state index is 13.6. The molecule has 0 atom stereocenters. The molecule has 0 amide bonds. The minimum atomic E-state index is -0.338. The predicted octanol–water partition coefficient (Wildman–Crippen LogP) is 6.25. The zero-order chi connectivity index (χ0) is 27.1. The summed E-state index contributed by atoms with van der Waals surface area (Å²) >= 11 is 6.16. The molecule has 6 rings (SSSR count). The van der Waals surface area contributed by atoms with Crippen LogP contribution in [0.5, 0.6) is 0 Å². The summed E-state index contributed by atoms with van der Waals surface area (Å²) in [6.07, 6.45) is 3.20. The lowest BCUT2D eigenvalue weighted by Gasteiger charge is -2.09. The van der Waals surface area contributed by atoms with Crippen LogP contribution in [0.15, 0.2) is 93.3 Å². The standard InChI is InChI=1S/C30H23ClN4O4/c1-18(2)38-28(36)17-34-16-20(22-7-4-6-10-25(22)34)15-32-35-29(33-24-9-5-3-8-23(24)30(35)37)27-14-19-13-21(31)11-12-26(19)39-27/h3-16,18H,17H2,1-2H3. The first kappa shape index (κ1) is 24.6. The Kier molecular flexibility index (Phi) is 6.24. The Morgan fingerprint density at radius 2 is 1.85 bits per heavy atom. The molecule has 0 aliphatic carbocycles. The topological polar surface area (TPSA) is 91.6 Å². The molecule has 9 heteroatoms. The Hall–Kier alpha value is -4.69. The summed E-state index contributed by atoms with van der Waals surface area (Å²) < 4.78 is 14.4. The molecule has 0 aliphatic rings. The molecular weight excluding hydrogens is 516 g/mol. The third kappa shape index (κ3) is 4.70. The first-order valence-corrected chi connectivity index (χ1v) is 12.8. The molecular formula is C30H23ClN4O4. The van der Waals surface area contributed by atoms with E-state index in [1.807, 2.05) is 54.9 Å². The van der Waals surface area contributed by atoms with Gasteiger partial charge in [-0.05, 0) is 56.3 Å². The number of ether oxygens (including phenoxy) is 1. The quantitative estimate of drug-likeness (QED) is 0.184. The Balaban J connectivity index is 1.49. The van der Waals surface area contributed by atoms with Crippen LogP contribution < -0.4 is 5.56 Å². The first-order chi connectivity index (χ1) is 18.9. The number of fused-ring (bicyclic) bond motifs is 3. The predicted molar refractivity (Wildman–Crippen MR) is 152 cm³/mol. The highest BCUT2D eigenvalue weighted by Gasteiger charge is 2.17. The fourth-order valence-corrected chi connectivity index (χ4v) is 4.76. The van der Waals surface area contributed by atoms with Crippen molar-refractivity contribution in [3.05, 3.63) is 99.9 Å². The van der Waals surface area contributed by atoms with Gasteiger partial charge in [0.15, 0.2) is 5.76 Å². The number of furan rings is 1. The number of hydrogen-bond acceptors (Lipinski definition) is 6. The Morgan fingerprint density at radius 1 is 1.08 bits per heavy atom. The van der Waals surface area contributed by atoms with Crippen LogP contribution in [0.4, 0.5) is 0 Å². The lowest BCUT2D eigenvalue weighted by Crippen LogP contribution is -2.20. The molecule has 0 bridgehead atoms. The van der Waals surface area contributed by atoms with Crippen LogP contribution >= 0.6 is 11.6 Å². The lowest BCUT2D eigenvalue weighted by atomic mass is 10.2. The van der Waals surface area contributed by atoms with Gasteiger partial charge in [-0.25, -0.2) is 4.98 Å². The second-order valence-electron chi connectivity index (χ2n) is 9.37. The zero-order valence-electron chi connectivity index (χ0n) is 21.2. The fourth-order valence-electron chi connectivity index (χ4n) is 4.58. The number of esters is 1. The number of nitrogens with zero attached hydrogens (tertiary/aromatic N) is 4. The van der Waals surface area contributed by atoms with Gasteiger partial charge in [0.05, 0.1) is 23.2 Å². The van der Waals surface area contributed by atoms with Crippen LogP contribution in [0.3, 0.4) is 0 Å². The zero-order valence-corrected chi connectivity index (χ0v) is 21.9. The number of carbonyl (C=O) groups excluding carboxylic acids is 1. The highest BCUT2D eigenvalue weighted by atomic mass is 35.5. The van der Waals surface area contributed by atoms with Crippen molar-refractivity contribution in [2.24, 2.45) is 5.10 Å². The van der Waals surface area contributed by atoms with Gasteiger partial charge in [0.2, 0.25) is 5.82 Å². The van der Waals surface area contributed by atoms with Gasteiger partial charge in [-0.15, -0.1) is 0 Å². The molecule has 3 aromatic heterocycles. The first-order valence-electron chi connectivity index (χ1n) is 12.4. The molecule has 0 saturated heterocycles. The van der Waals surface area contributed by atoms with E-state index in [0.29, 0.717) is 27.3 Å².